The fourth-order valence-electron chi connectivity index (χ4n) is 8.89. The van der Waals surface area contributed by atoms with Crippen molar-refractivity contribution >= 4 is 71.7 Å². The quantitative estimate of drug-likeness (QED) is 0.0630. The average Bonchev–Trinajstić information content (AvgIpc) is 1.73. The molecule has 0 amide bonds. The molecule has 0 unspecified atom stereocenters. The number of ether oxygens (including phenoxy) is 18. The van der Waals surface area contributed by atoms with Crippen LogP contribution in [0.4, 0.5) is 0 Å². The summed E-state index contributed by atoms with van der Waals surface area (Å²) in [6.07, 6.45) is -18.6. The third-order valence-electron chi connectivity index (χ3n) is 12.0. The maximum absolute atomic E-state index is 13.6. The van der Waals surface area contributed by atoms with Gasteiger partial charge in [-0.15, -0.1) is 0 Å². The standard InChI is InChI=1S/C55H66O29/c1-26-45(76-31(6)60)47(78-33(8)62)50(79-34(9)63)53(72-26)82-48-46(77-32(7)61)43(23-69-44(66)18-15-37-13-16-39(73-28(3)57)41(21-37)67-12)81-52(68-20-19-38-14-17-40(74-29(4)58)42(22-38)75-30(5)59)49(48)83-54-51(80-35(10)64)55(25-71-54,84-36(11)65)24-70-27(2)56/h13-18,21-22,26,43,45-54H,19-20,23-25H2,1-12H3/b18-15+/t26-,43+,45-,46+,47+,48-,49+,50+,51+,52+,53-,54-,55+/m0/s1. The summed E-state index contributed by atoms with van der Waals surface area (Å²) in [5, 5.41) is 0. The zero-order valence-electron chi connectivity index (χ0n) is 47.9. The van der Waals surface area contributed by atoms with Crippen molar-refractivity contribution in [1.29, 1.82) is 0 Å². The van der Waals surface area contributed by atoms with Crippen LogP contribution < -0.4 is 18.9 Å². The third kappa shape index (κ3) is 19.2. The summed E-state index contributed by atoms with van der Waals surface area (Å²) in [5.41, 5.74) is -1.31. The van der Waals surface area contributed by atoms with E-state index in [9.17, 15) is 52.7 Å². The Bertz CT molecular complexity index is 2790. The first-order valence-corrected chi connectivity index (χ1v) is 25.8. The van der Waals surface area contributed by atoms with Gasteiger partial charge in [0.25, 0.3) is 0 Å². The van der Waals surface area contributed by atoms with E-state index >= 15 is 0 Å². The van der Waals surface area contributed by atoms with Gasteiger partial charge in [-0.05, 0) is 54.8 Å². The number of carbonyl (C=O) groups excluding carboxylic acids is 11. The molecule has 460 valence electrons. The van der Waals surface area contributed by atoms with Gasteiger partial charge in [-0.3, -0.25) is 47.9 Å². The van der Waals surface area contributed by atoms with E-state index in [2.05, 4.69) is 0 Å². The smallest absolute Gasteiger partial charge is 0.330 e. The molecule has 2 aromatic rings. The second-order valence-electron chi connectivity index (χ2n) is 19.0. The number of rotatable bonds is 24. The van der Waals surface area contributed by atoms with Gasteiger partial charge in [-0.2, -0.15) is 0 Å². The van der Waals surface area contributed by atoms with Crippen molar-refractivity contribution < 1.29 is 138 Å². The van der Waals surface area contributed by atoms with Crippen molar-refractivity contribution in [2.45, 2.75) is 162 Å². The molecule has 29 heteroatoms. The molecule has 2 aromatic carbocycles. The monoisotopic (exact) mass is 1190 g/mol. The normalized spacial score (nSPS) is 26.3. The van der Waals surface area contributed by atoms with Crippen LogP contribution in [0.5, 0.6) is 23.0 Å². The highest BCUT2D eigenvalue weighted by Crippen LogP contribution is 2.40. The van der Waals surface area contributed by atoms with E-state index in [4.69, 9.17) is 85.3 Å². The Morgan fingerprint density at radius 2 is 1.10 bits per heavy atom. The first-order chi connectivity index (χ1) is 39.6. The maximum Gasteiger partial charge on any atom is 0.330 e. The van der Waals surface area contributed by atoms with Crippen molar-refractivity contribution in [2.75, 3.05) is 33.5 Å². The molecule has 13 atom stereocenters. The highest BCUT2D eigenvalue weighted by Gasteiger charge is 2.61. The fraction of sp³-hybridized carbons (Fsp3) is 0.545. The lowest BCUT2D eigenvalue weighted by atomic mass is 9.95. The largest absolute Gasteiger partial charge is 0.493 e. The first-order valence-electron chi connectivity index (χ1n) is 25.8. The van der Waals surface area contributed by atoms with Gasteiger partial charge in [-0.25, -0.2) is 4.79 Å². The van der Waals surface area contributed by atoms with Crippen LogP contribution in [-0.4, -0.2) is 179 Å². The molecule has 84 heavy (non-hydrogen) atoms. The van der Waals surface area contributed by atoms with E-state index in [0.717, 1.165) is 68.4 Å². The molecule has 0 aromatic heterocycles. The SMILES string of the molecule is COc1cc(/C=C/C(=O)OC[C@H]2O[C@@H](OCCc3ccc(OC(C)=O)c(OC(C)=O)c3)[C@H](O[C@@H]3OC[C@@](COC(C)=O)(OC(C)=O)[C@@H]3OC(C)=O)[C@@H](O[C@@H]3O[C@@H](C)[C@H](OC(C)=O)[C@@H](OC(C)=O)[C@H]3OC(C)=O)[C@@H]2OC(C)=O)ccc1OC(C)=O. The lowest BCUT2D eigenvalue weighted by molar-refractivity contribution is -0.375. The predicted octanol–water partition coefficient (Wildman–Crippen LogP) is 2.41. The van der Waals surface area contributed by atoms with Gasteiger partial charge in [-0.1, -0.05) is 12.1 Å². The molecule has 0 bridgehead atoms. The molecule has 3 saturated heterocycles. The predicted molar refractivity (Wildman–Crippen MR) is 274 cm³/mol. The van der Waals surface area contributed by atoms with Crippen LogP contribution in [0.2, 0.25) is 0 Å². The maximum atomic E-state index is 13.6. The van der Waals surface area contributed by atoms with E-state index < -0.39 is 165 Å². The molecular weight excluding hydrogens is 1120 g/mol. The molecule has 0 N–H and O–H groups in total. The Morgan fingerprint density at radius 3 is 1.68 bits per heavy atom. The summed E-state index contributed by atoms with van der Waals surface area (Å²) in [7, 11) is 1.33. The summed E-state index contributed by atoms with van der Waals surface area (Å²) in [4.78, 5) is 139. The van der Waals surface area contributed by atoms with E-state index in [1.807, 2.05) is 0 Å². The minimum atomic E-state index is -2.10. The second kappa shape index (κ2) is 30.5. The van der Waals surface area contributed by atoms with Crippen molar-refractivity contribution in [2.24, 2.45) is 0 Å². The Morgan fingerprint density at radius 1 is 0.536 bits per heavy atom. The molecule has 3 fully saturated rings. The minimum absolute atomic E-state index is 0.0650. The van der Waals surface area contributed by atoms with Gasteiger partial charge in [0.05, 0.1) is 26.4 Å². The summed E-state index contributed by atoms with van der Waals surface area (Å²) < 4.78 is 105. The van der Waals surface area contributed by atoms with Crippen LogP contribution in [0.3, 0.4) is 0 Å². The number of carbonyl (C=O) groups is 11. The van der Waals surface area contributed by atoms with Crippen LogP contribution in [0.1, 0.15) is 87.3 Å². The van der Waals surface area contributed by atoms with Crippen molar-refractivity contribution in [3.8, 4) is 23.0 Å². The Balaban J connectivity index is 1.69. The molecule has 0 saturated carbocycles. The molecule has 0 aliphatic carbocycles. The number of methoxy groups -OCH3 is 1. The number of hydrogen-bond donors (Lipinski definition) is 0. The number of benzene rings is 2. The Kier molecular flexibility index (Phi) is 24.2. The molecule has 3 aliphatic rings. The van der Waals surface area contributed by atoms with Gasteiger partial charge in [0.2, 0.25) is 5.60 Å². The van der Waals surface area contributed by atoms with Crippen molar-refractivity contribution in [1.82, 2.24) is 0 Å². The van der Waals surface area contributed by atoms with Crippen LogP contribution in [0.15, 0.2) is 42.5 Å². The summed E-state index contributed by atoms with van der Waals surface area (Å²) in [6, 6.07) is 8.65. The van der Waals surface area contributed by atoms with Gasteiger partial charge < -0.3 is 85.3 Å². The van der Waals surface area contributed by atoms with Crippen LogP contribution >= 0.6 is 0 Å². The van der Waals surface area contributed by atoms with E-state index in [0.29, 0.717) is 11.1 Å². The summed E-state index contributed by atoms with van der Waals surface area (Å²) in [6.45, 7) is 9.44. The zero-order chi connectivity index (χ0) is 62.2. The summed E-state index contributed by atoms with van der Waals surface area (Å²) >= 11 is 0. The van der Waals surface area contributed by atoms with Crippen molar-refractivity contribution in [3.63, 3.8) is 0 Å². The second-order valence-corrected chi connectivity index (χ2v) is 19.0. The average molecular weight is 1190 g/mol. The summed E-state index contributed by atoms with van der Waals surface area (Å²) in [5.74, 6) is -9.63. The fourth-order valence-corrected chi connectivity index (χ4v) is 8.89. The lowest BCUT2D eigenvalue weighted by Gasteiger charge is -2.49. The molecule has 3 aliphatic heterocycles. The lowest BCUT2D eigenvalue weighted by Crippen LogP contribution is -2.67. The third-order valence-corrected chi connectivity index (χ3v) is 12.0. The minimum Gasteiger partial charge on any atom is -0.493 e. The van der Waals surface area contributed by atoms with Crippen molar-refractivity contribution in [3.05, 3.63) is 53.6 Å². The highest BCUT2D eigenvalue weighted by atomic mass is 16.8. The highest BCUT2D eigenvalue weighted by molar-refractivity contribution is 5.87. The Labute approximate surface area is 480 Å². The zero-order valence-corrected chi connectivity index (χ0v) is 47.9. The molecular formula is C55H66O29. The van der Waals surface area contributed by atoms with Crippen LogP contribution in [-0.2, 0) is 125 Å². The van der Waals surface area contributed by atoms with Gasteiger partial charge in [0.1, 0.15) is 31.5 Å². The van der Waals surface area contributed by atoms with Crippen LogP contribution in [0, 0.1) is 0 Å². The molecule has 0 radical (unpaired) electrons. The van der Waals surface area contributed by atoms with Gasteiger partial charge >= 0.3 is 65.7 Å². The van der Waals surface area contributed by atoms with E-state index in [-0.39, 0.29) is 36.0 Å². The molecule has 29 nitrogen and oxygen atoms in total. The molecule has 0 spiro atoms. The van der Waals surface area contributed by atoms with Crippen LogP contribution in [0.25, 0.3) is 6.08 Å². The molecule has 5 rings (SSSR count). The van der Waals surface area contributed by atoms with E-state index in [1.165, 1.54) is 63.4 Å². The topological polar surface area (TPSA) is 354 Å². The van der Waals surface area contributed by atoms with Gasteiger partial charge in [0, 0.05) is 75.3 Å². The first kappa shape index (κ1) is 66.7. The van der Waals surface area contributed by atoms with Gasteiger partial charge in [0.15, 0.2) is 72.4 Å². The number of esters is 11. The van der Waals surface area contributed by atoms with E-state index in [1.54, 1.807) is 0 Å². The Hall–Kier alpha value is -8.09. The number of hydrogen-bond acceptors (Lipinski definition) is 29. The molecule has 3 heterocycles.